The molecule has 0 fully saturated rings. The number of ketones is 1. The van der Waals surface area contributed by atoms with Gasteiger partial charge in [0.1, 0.15) is 6.29 Å². The van der Waals surface area contributed by atoms with E-state index in [2.05, 4.69) is 0 Å². The van der Waals surface area contributed by atoms with Crippen LogP contribution >= 0.6 is 11.6 Å². The van der Waals surface area contributed by atoms with E-state index in [9.17, 15) is 9.59 Å². The third-order valence-electron chi connectivity index (χ3n) is 1.64. The Kier molecular flexibility index (Phi) is 3.65. The minimum absolute atomic E-state index is 0.0192. The number of hydrogen-bond donors (Lipinski definition) is 0. The molecular formula is C10H9ClO2. The highest BCUT2D eigenvalue weighted by Gasteiger charge is 2.01. The van der Waals surface area contributed by atoms with Crippen molar-refractivity contribution in [2.75, 3.05) is 5.88 Å². The van der Waals surface area contributed by atoms with Gasteiger partial charge >= 0.3 is 0 Å². The van der Waals surface area contributed by atoms with Gasteiger partial charge in [-0.1, -0.05) is 18.2 Å². The van der Waals surface area contributed by atoms with Gasteiger partial charge in [-0.3, -0.25) is 9.59 Å². The number of carbonyl (C=O) groups excluding carboxylic acids is 2. The first-order valence-electron chi connectivity index (χ1n) is 3.88. The predicted octanol–water partition coefficient (Wildman–Crippen LogP) is 1.85. The summed E-state index contributed by atoms with van der Waals surface area (Å²) < 4.78 is 0. The summed E-state index contributed by atoms with van der Waals surface area (Å²) in [5.41, 5.74) is 1.41. The predicted molar refractivity (Wildman–Crippen MR) is 51.3 cm³/mol. The lowest BCUT2D eigenvalue weighted by Crippen LogP contribution is -2.03. The van der Waals surface area contributed by atoms with E-state index in [1.807, 2.05) is 0 Å². The quantitative estimate of drug-likeness (QED) is 0.544. The summed E-state index contributed by atoms with van der Waals surface area (Å²) in [6.45, 7) is 0. The molecule has 0 saturated carbocycles. The summed E-state index contributed by atoms with van der Waals surface area (Å²) in [5.74, 6) is -0.0181. The summed E-state index contributed by atoms with van der Waals surface area (Å²) in [7, 11) is 0. The van der Waals surface area contributed by atoms with Crippen molar-refractivity contribution in [3.05, 3.63) is 35.4 Å². The van der Waals surface area contributed by atoms with Crippen LogP contribution in [0, 0.1) is 0 Å². The van der Waals surface area contributed by atoms with E-state index >= 15 is 0 Å². The van der Waals surface area contributed by atoms with Gasteiger partial charge in [0.05, 0.1) is 5.88 Å². The normalized spacial score (nSPS) is 9.62. The van der Waals surface area contributed by atoms with Gasteiger partial charge in [0.25, 0.3) is 0 Å². The fraction of sp³-hybridized carbons (Fsp3) is 0.200. The van der Waals surface area contributed by atoms with Crippen molar-refractivity contribution < 1.29 is 9.59 Å². The first kappa shape index (κ1) is 9.93. The number of Topliss-reactive ketones (excluding diaryl/α,β-unsaturated/α-hetero) is 1. The summed E-state index contributed by atoms with van der Waals surface area (Å²) in [4.78, 5) is 21.4. The van der Waals surface area contributed by atoms with Gasteiger partial charge in [0.2, 0.25) is 0 Å². The summed E-state index contributed by atoms with van der Waals surface area (Å²) in [5, 5.41) is 0. The minimum atomic E-state index is -0.0373. The average molecular weight is 197 g/mol. The largest absolute Gasteiger partial charge is 0.298 e. The number of carbonyl (C=O) groups is 2. The standard InChI is InChI=1S/C10H9ClO2/c11-6-10(13)5-8-2-1-3-9(4-8)7-12/h1-4,7H,5-6H2. The molecule has 0 amide bonds. The SMILES string of the molecule is O=Cc1cccc(CC(=O)CCl)c1. The molecule has 0 saturated heterocycles. The summed E-state index contributed by atoms with van der Waals surface area (Å²) in [6.07, 6.45) is 1.06. The van der Waals surface area contributed by atoms with Crippen LogP contribution in [-0.4, -0.2) is 17.9 Å². The third kappa shape index (κ3) is 2.99. The molecular weight excluding hydrogens is 188 g/mol. The molecule has 1 aromatic rings. The molecule has 0 aliphatic carbocycles. The van der Waals surface area contributed by atoms with E-state index in [1.165, 1.54) is 0 Å². The Bertz CT molecular complexity index is 320. The zero-order chi connectivity index (χ0) is 9.68. The van der Waals surface area contributed by atoms with E-state index in [0.29, 0.717) is 12.0 Å². The lowest BCUT2D eigenvalue weighted by molar-refractivity contribution is -0.116. The van der Waals surface area contributed by atoms with Gasteiger partial charge in [-0.15, -0.1) is 11.6 Å². The van der Waals surface area contributed by atoms with Crippen LogP contribution in [0.1, 0.15) is 15.9 Å². The molecule has 0 bridgehead atoms. The molecule has 1 rings (SSSR count). The maximum Gasteiger partial charge on any atom is 0.151 e. The topological polar surface area (TPSA) is 34.1 Å². The van der Waals surface area contributed by atoms with Crippen molar-refractivity contribution in [3.8, 4) is 0 Å². The molecule has 0 radical (unpaired) electrons. The van der Waals surface area contributed by atoms with Crippen LogP contribution in [0.25, 0.3) is 0 Å². The fourth-order valence-corrected chi connectivity index (χ4v) is 1.15. The van der Waals surface area contributed by atoms with Crippen molar-refractivity contribution in [1.29, 1.82) is 0 Å². The number of rotatable bonds is 4. The lowest BCUT2D eigenvalue weighted by Gasteiger charge is -1.98. The fourth-order valence-electron chi connectivity index (χ4n) is 1.05. The second kappa shape index (κ2) is 4.77. The Morgan fingerprint density at radius 2 is 2.23 bits per heavy atom. The molecule has 1 aromatic carbocycles. The van der Waals surface area contributed by atoms with Crippen LogP contribution in [0.5, 0.6) is 0 Å². The van der Waals surface area contributed by atoms with Gasteiger partial charge in [0, 0.05) is 12.0 Å². The average Bonchev–Trinajstić information content (AvgIpc) is 2.18. The molecule has 0 atom stereocenters. The Balaban J connectivity index is 2.77. The van der Waals surface area contributed by atoms with Crippen LogP contribution in [-0.2, 0) is 11.2 Å². The zero-order valence-corrected chi connectivity index (χ0v) is 7.75. The van der Waals surface area contributed by atoms with Crippen molar-refractivity contribution >= 4 is 23.7 Å². The molecule has 2 nitrogen and oxygen atoms in total. The van der Waals surface area contributed by atoms with Crippen LogP contribution in [0.15, 0.2) is 24.3 Å². The second-order valence-corrected chi connectivity index (χ2v) is 2.98. The van der Waals surface area contributed by atoms with Crippen molar-refractivity contribution in [2.45, 2.75) is 6.42 Å². The number of hydrogen-bond acceptors (Lipinski definition) is 2. The lowest BCUT2D eigenvalue weighted by atomic mass is 10.1. The molecule has 13 heavy (non-hydrogen) atoms. The minimum Gasteiger partial charge on any atom is -0.298 e. The summed E-state index contributed by atoms with van der Waals surface area (Å²) in [6, 6.07) is 6.94. The molecule has 0 N–H and O–H groups in total. The van der Waals surface area contributed by atoms with Crippen LogP contribution in [0.3, 0.4) is 0 Å². The zero-order valence-electron chi connectivity index (χ0n) is 7.00. The van der Waals surface area contributed by atoms with E-state index in [4.69, 9.17) is 11.6 Å². The van der Waals surface area contributed by atoms with Crippen LogP contribution < -0.4 is 0 Å². The Morgan fingerprint density at radius 1 is 1.46 bits per heavy atom. The molecule has 0 aromatic heterocycles. The molecule has 0 aliphatic heterocycles. The van der Waals surface area contributed by atoms with E-state index in [-0.39, 0.29) is 11.7 Å². The molecule has 68 valence electrons. The Morgan fingerprint density at radius 3 is 2.85 bits per heavy atom. The maximum atomic E-state index is 11.0. The number of halogens is 1. The summed E-state index contributed by atoms with van der Waals surface area (Å²) >= 11 is 5.36. The molecule has 3 heteroatoms. The third-order valence-corrected chi connectivity index (χ3v) is 1.94. The van der Waals surface area contributed by atoms with Gasteiger partial charge < -0.3 is 0 Å². The van der Waals surface area contributed by atoms with Gasteiger partial charge in [-0.25, -0.2) is 0 Å². The van der Waals surface area contributed by atoms with E-state index in [0.717, 1.165) is 11.8 Å². The molecule has 0 spiro atoms. The molecule has 0 heterocycles. The number of benzene rings is 1. The highest BCUT2D eigenvalue weighted by molar-refractivity contribution is 6.27. The monoisotopic (exact) mass is 196 g/mol. The van der Waals surface area contributed by atoms with Gasteiger partial charge in [-0.05, 0) is 11.6 Å². The first-order chi connectivity index (χ1) is 6.26. The van der Waals surface area contributed by atoms with Gasteiger partial charge in [0.15, 0.2) is 5.78 Å². The van der Waals surface area contributed by atoms with Crippen molar-refractivity contribution in [2.24, 2.45) is 0 Å². The highest BCUT2D eigenvalue weighted by atomic mass is 35.5. The van der Waals surface area contributed by atoms with Crippen molar-refractivity contribution in [3.63, 3.8) is 0 Å². The maximum absolute atomic E-state index is 11.0. The van der Waals surface area contributed by atoms with Crippen LogP contribution in [0.4, 0.5) is 0 Å². The smallest absolute Gasteiger partial charge is 0.151 e. The second-order valence-electron chi connectivity index (χ2n) is 2.71. The Labute approximate surface area is 81.5 Å². The van der Waals surface area contributed by atoms with Gasteiger partial charge in [-0.2, -0.15) is 0 Å². The first-order valence-corrected chi connectivity index (χ1v) is 4.41. The molecule has 0 aliphatic rings. The van der Waals surface area contributed by atoms with Crippen LogP contribution in [0.2, 0.25) is 0 Å². The van der Waals surface area contributed by atoms with E-state index in [1.54, 1.807) is 24.3 Å². The highest BCUT2D eigenvalue weighted by Crippen LogP contribution is 2.04. The van der Waals surface area contributed by atoms with Crippen molar-refractivity contribution in [1.82, 2.24) is 0 Å². The number of alkyl halides is 1. The molecule has 0 unspecified atom stereocenters. The Hall–Kier alpha value is -1.15. The number of aldehydes is 1. The van der Waals surface area contributed by atoms with E-state index < -0.39 is 0 Å².